The molecule has 0 radical (unpaired) electrons. The molecule has 4 nitrogen and oxygen atoms in total. The molecule has 0 saturated carbocycles. The zero-order valence-electron chi connectivity index (χ0n) is 11.4. The van der Waals surface area contributed by atoms with Crippen LogP contribution in [0.3, 0.4) is 0 Å². The van der Waals surface area contributed by atoms with Gasteiger partial charge in [-0.15, -0.1) is 0 Å². The fourth-order valence-electron chi connectivity index (χ4n) is 2.36. The first-order valence-electron chi connectivity index (χ1n) is 6.62. The topological polar surface area (TPSA) is 50.2 Å². The van der Waals surface area contributed by atoms with E-state index >= 15 is 0 Å². The number of nitrogens with zero attached hydrogens (tertiary/aromatic N) is 2. The van der Waals surface area contributed by atoms with E-state index in [9.17, 15) is 13.6 Å². The number of hydrogen-bond donors (Lipinski definition) is 1. The minimum absolute atomic E-state index is 0.216. The first kappa shape index (κ1) is 13.5. The molecule has 108 valence electrons. The van der Waals surface area contributed by atoms with E-state index in [0.29, 0.717) is 28.9 Å². The summed E-state index contributed by atoms with van der Waals surface area (Å²) < 4.78 is 27.6. The Morgan fingerprint density at radius 3 is 2.76 bits per heavy atom. The van der Waals surface area contributed by atoms with Gasteiger partial charge in [0.15, 0.2) is 17.3 Å². The van der Waals surface area contributed by atoms with Crippen LogP contribution in [-0.2, 0) is 12.8 Å². The van der Waals surface area contributed by atoms with Crippen molar-refractivity contribution in [2.24, 2.45) is 0 Å². The molecule has 0 unspecified atom stereocenters. The van der Waals surface area contributed by atoms with E-state index in [2.05, 4.69) is 10.1 Å². The second-order valence-electron chi connectivity index (χ2n) is 4.78. The van der Waals surface area contributed by atoms with Crippen LogP contribution in [0.25, 0.3) is 5.65 Å². The predicted octanol–water partition coefficient (Wildman–Crippen LogP) is 2.45. The third-order valence-electron chi connectivity index (χ3n) is 3.42. The van der Waals surface area contributed by atoms with Crippen molar-refractivity contribution in [1.82, 2.24) is 14.6 Å². The normalized spacial score (nSPS) is 11.2. The number of nitrogens with one attached hydrogen (secondary N) is 1. The summed E-state index contributed by atoms with van der Waals surface area (Å²) in [5.74, 6) is -1.82. The maximum atomic E-state index is 13.3. The second-order valence-corrected chi connectivity index (χ2v) is 4.78. The zero-order chi connectivity index (χ0) is 15.0. The third kappa shape index (κ3) is 2.33. The first-order chi connectivity index (χ1) is 10.1. The Balaban J connectivity index is 2.12. The van der Waals surface area contributed by atoms with E-state index in [0.717, 1.165) is 12.1 Å². The lowest BCUT2D eigenvalue weighted by Crippen LogP contribution is -2.23. The molecule has 0 aliphatic heterocycles. The second kappa shape index (κ2) is 5.12. The predicted molar refractivity (Wildman–Crippen MR) is 74.4 cm³/mol. The van der Waals surface area contributed by atoms with Crippen molar-refractivity contribution < 1.29 is 8.78 Å². The maximum absolute atomic E-state index is 13.3. The van der Waals surface area contributed by atoms with Gasteiger partial charge in [0.05, 0.1) is 5.69 Å². The van der Waals surface area contributed by atoms with Gasteiger partial charge in [-0.25, -0.2) is 18.3 Å². The van der Waals surface area contributed by atoms with E-state index in [1.165, 1.54) is 10.6 Å². The van der Waals surface area contributed by atoms with Crippen molar-refractivity contribution in [3.8, 4) is 0 Å². The highest BCUT2D eigenvalue weighted by atomic mass is 19.2. The number of halogens is 2. The van der Waals surface area contributed by atoms with Gasteiger partial charge in [-0.1, -0.05) is 13.0 Å². The number of benzene rings is 1. The molecule has 0 bridgehead atoms. The fraction of sp³-hybridized carbons (Fsp3) is 0.200. The molecule has 0 fully saturated rings. The largest absolute Gasteiger partial charge is 0.297 e. The zero-order valence-corrected chi connectivity index (χ0v) is 11.4. The summed E-state index contributed by atoms with van der Waals surface area (Å²) in [4.78, 5) is 16.9. The average Bonchev–Trinajstić information content (AvgIpc) is 2.94. The summed E-state index contributed by atoms with van der Waals surface area (Å²) in [5, 5.41) is 2.79. The summed E-state index contributed by atoms with van der Waals surface area (Å²) in [6.07, 6.45) is 2.44. The van der Waals surface area contributed by atoms with Crippen LogP contribution >= 0.6 is 0 Å². The molecule has 0 aliphatic rings. The SMILES string of the molecule is CCc1nc2cc[nH]n2c(=O)c1Cc1ccc(F)c(F)c1. The number of hydrogen-bond acceptors (Lipinski definition) is 2. The van der Waals surface area contributed by atoms with Gasteiger partial charge in [-0.3, -0.25) is 9.89 Å². The molecule has 3 rings (SSSR count). The van der Waals surface area contributed by atoms with Crippen LogP contribution in [0.5, 0.6) is 0 Å². The number of aromatic nitrogens is 3. The van der Waals surface area contributed by atoms with Crippen LogP contribution in [0.4, 0.5) is 8.78 Å². The highest BCUT2D eigenvalue weighted by Crippen LogP contribution is 2.14. The molecule has 6 heteroatoms. The van der Waals surface area contributed by atoms with Gasteiger partial charge in [-0.05, 0) is 24.1 Å². The Hall–Kier alpha value is -2.50. The first-order valence-corrected chi connectivity index (χ1v) is 6.62. The number of aromatic amines is 1. The Morgan fingerprint density at radius 1 is 1.24 bits per heavy atom. The molecule has 0 saturated heterocycles. The molecule has 3 aromatic rings. The van der Waals surface area contributed by atoms with Crippen molar-refractivity contribution >= 4 is 5.65 Å². The number of fused-ring (bicyclic) bond motifs is 1. The molecule has 2 heterocycles. The molecule has 21 heavy (non-hydrogen) atoms. The maximum Gasteiger partial charge on any atom is 0.276 e. The smallest absolute Gasteiger partial charge is 0.276 e. The highest BCUT2D eigenvalue weighted by molar-refractivity contribution is 5.40. The van der Waals surface area contributed by atoms with Gasteiger partial charge in [0.1, 0.15) is 0 Å². The molecule has 1 aromatic carbocycles. The van der Waals surface area contributed by atoms with Crippen LogP contribution in [0, 0.1) is 11.6 Å². The van der Waals surface area contributed by atoms with Crippen LogP contribution in [0.2, 0.25) is 0 Å². The Morgan fingerprint density at radius 2 is 2.05 bits per heavy atom. The van der Waals surface area contributed by atoms with E-state index in [-0.39, 0.29) is 12.0 Å². The van der Waals surface area contributed by atoms with E-state index in [4.69, 9.17) is 0 Å². The summed E-state index contributed by atoms with van der Waals surface area (Å²) >= 11 is 0. The fourth-order valence-corrected chi connectivity index (χ4v) is 2.36. The van der Waals surface area contributed by atoms with Crippen LogP contribution < -0.4 is 5.56 Å². The minimum Gasteiger partial charge on any atom is -0.297 e. The van der Waals surface area contributed by atoms with Gasteiger partial charge >= 0.3 is 0 Å². The quantitative estimate of drug-likeness (QED) is 0.805. The molecule has 1 N–H and O–H groups in total. The average molecular weight is 289 g/mol. The monoisotopic (exact) mass is 289 g/mol. The van der Waals surface area contributed by atoms with Gasteiger partial charge in [0.25, 0.3) is 5.56 Å². The number of aryl methyl sites for hydroxylation is 1. The Labute approximate surface area is 119 Å². The molecule has 0 amide bonds. The number of rotatable bonds is 3. The van der Waals surface area contributed by atoms with Crippen LogP contribution in [-0.4, -0.2) is 14.6 Å². The standard InChI is InChI=1S/C15H13F2N3O/c1-2-13-10(7-9-3-4-11(16)12(17)8-9)15(21)20-14(19-13)5-6-18-20/h3-6,8,18H,2,7H2,1H3. The number of H-pyrrole nitrogens is 1. The summed E-state index contributed by atoms with van der Waals surface area (Å²) in [5.41, 5.74) is 2.03. The van der Waals surface area contributed by atoms with Crippen molar-refractivity contribution in [2.75, 3.05) is 0 Å². The Kier molecular flexibility index (Phi) is 3.29. The summed E-state index contributed by atoms with van der Waals surface area (Å²) in [6, 6.07) is 5.36. The minimum atomic E-state index is -0.917. The van der Waals surface area contributed by atoms with E-state index in [1.54, 1.807) is 12.3 Å². The van der Waals surface area contributed by atoms with Gasteiger partial charge < -0.3 is 0 Å². The molecule has 0 aliphatic carbocycles. The lowest BCUT2D eigenvalue weighted by atomic mass is 10.0. The lowest BCUT2D eigenvalue weighted by molar-refractivity contribution is 0.507. The molecular weight excluding hydrogens is 276 g/mol. The summed E-state index contributed by atoms with van der Waals surface area (Å²) in [7, 11) is 0. The van der Waals surface area contributed by atoms with Gasteiger partial charge in [0.2, 0.25) is 0 Å². The molecular formula is C15H13F2N3O. The van der Waals surface area contributed by atoms with Crippen molar-refractivity contribution in [2.45, 2.75) is 19.8 Å². The Bertz CT molecular complexity index is 867. The summed E-state index contributed by atoms with van der Waals surface area (Å²) in [6.45, 7) is 1.90. The van der Waals surface area contributed by atoms with Crippen molar-refractivity contribution in [3.63, 3.8) is 0 Å². The van der Waals surface area contributed by atoms with Crippen molar-refractivity contribution in [3.05, 3.63) is 69.3 Å². The lowest BCUT2D eigenvalue weighted by Gasteiger charge is -2.08. The third-order valence-corrected chi connectivity index (χ3v) is 3.42. The van der Waals surface area contributed by atoms with E-state index in [1.807, 2.05) is 6.92 Å². The van der Waals surface area contributed by atoms with Gasteiger partial charge in [-0.2, -0.15) is 0 Å². The van der Waals surface area contributed by atoms with Crippen LogP contribution in [0.1, 0.15) is 23.7 Å². The van der Waals surface area contributed by atoms with Crippen molar-refractivity contribution in [1.29, 1.82) is 0 Å². The molecule has 0 atom stereocenters. The molecule has 0 spiro atoms. The molecule has 2 aromatic heterocycles. The van der Waals surface area contributed by atoms with Gasteiger partial charge in [0, 0.05) is 24.2 Å². The highest BCUT2D eigenvalue weighted by Gasteiger charge is 2.13. The van der Waals surface area contributed by atoms with E-state index < -0.39 is 11.6 Å². The van der Waals surface area contributed by atoms with Crippen LogP contribution in [0.15, 0.2) is 35.3 Å².